The predicted octanol–water partition coefficient (Wildman–Crippen LogP) is 0.727. The van der Waals surface area contributed by atoms with Crippen LogP contribution in [0.25, 0.3) is 0 Å². The Bertz CT molecular complexity index is 1020. The Morgan fingerprint density at radius 1 is 1.46 bits per heavy atom. The standard InChI is InChI=1S/C19H24N4O3S2/c1-13-14(2)23(10-16-5-4-7-27-16)19(17(13)9-20)21-18(24)11-22(3)15-6-8-28(25,26)12-15/h4-5,7,15H,6,8,10-12H2,1-3H3,(H,21,24)/p+1/t15-/m0/s1. The van der Waals surface area contributed by atoms with Gasteiger partial charge < -0.3 is 14.8 Å². The highest BCUT2D eigenvalue weighted by atomic mass is 32.2. The molecule has 0 saturated carbocycles. The molecule has 150 valence electrons. The molecule has 7 nitrogen and oxygen atoms in total. The van der Waals surface area contributed by atoms with E-state index in [1.165, 1.54) is 0 Å². The number of rotatable bonds is 6. The number of sulfone groups is 1. The molecule has 3 rings (SSSR count). The summed E-state index contributed by atoms with van der Waals surface area (Å²) in [5, 5.41) is 14.5. The minimum Gasteiger partial charge on any atom is -0.326 e. The highest BCUT2D eigenvalue weighted by molar-refractivity contribution is 7.91. The van der Waals surface area contributed by atoms with Crippen LogP contribution in [0.15, 0.2) is 17.5 Å². The second kappa shape index (κ2) is 8.07. The monoisotopic (exact) mass is 421 g/mol. The number of anilines is 1. The van der Waals surface area contributed by atoms with Crippen LogP contribution in [0.5, 0.6) is 0 Å². The number of carbonyl (C=O) groups is 1. The summed E-state index contributed by atoms with van der Waals surface area (Å²) in [7, 11) is -1.14. The summed E-state index contributed by atoms with van der Waals surface area (Å²) in [5.74, 6) is 0.616. The maximum Gasteiger partial charge on any atom is 0.280 e. The SMILES string of the molecule is Cc1c(C#N)c(NC(=O)C[NH+](C)[C@H]2CCS(=O)(=O)C2)n(Cc2cccs2)c1C. The van der Waals surface area contributed by atoms with Crippen molar-refractivity contribution in [2.75, 3.05) is 30.4 Å². The number of amides is 1. The summed E-state index contributed by atoms with van der Waals surface area (Å²) in [6.07, 6.45) is 0.581. The lowest BCUT2D eigenvalue weighted by molar-refractivity contribution is -0.894. The topological polar surface area (TPSA) is 96.4 Å². The van der Waals surface area contributed by atoms with Crippen LogP contribution < -0.4 is 10.2 Å². The highest BCUT2D eigenvalue weighted by Crippen LogP contribution is 2.28. The summed E-state index contributed by atoms with van der Waals surface area (Å²) >= 11 is 1.63. The molecule has 28 heavy (non-hydrogen) atoms. The number of nitrogens with zero attached hydrogens (tertiary/aromatic N) is 2. The molecule has 0 bridgehead atoms. The van der Waals surface area contributed by atoms with Gasteiger partial charge in [-0.1, -0.05) is 6.07 Å². The molecule has 1 saturated heterocycles. The number of hydrogen-bond donors (Lipinski definition) is 2. The van der Waals surface area contributed by atoms with Gasteiger partial charge >= 0.3 is 0 Å². The van der Waals surface area contributed by atoms with Gasteiger partial charge in [0, 0.05) is 17.0 Å². The number of nitriles is 1. The van der Waals surface area contributed by atoms with Crippen molar-refractivity contribution in [3.8, 4) is 6.07 Å². The van der Waals surface area contributed by atoms with Crippen LogP contribution in [-0.4, -0.2) is 50.0 Å². The number of aromatic nitrogens is 1. The second-order valence-electron chi connectivity index (χ2n) is 7.38. The zero-order chi connectivity index (χ0) is 20.5. The van der Waals surface area contributed by atoms with Gasteiger partial charge in [0.15, 0.2) is 16.4 Å². The molecule has 2 aromatic rings. The van der Waals surface area contributed by atoms with Crippen molar-refractivity contribution in [3.63, 3.8) is 0 Å². The van der Waals surface area contributed by atoms with Gasteiger partial charge in [0.1, 0.15) is 23.7 Å². The van der Waals surface area contributed by atoms with E-state index in [1.807, 2.05) is 43.0 Å². The van der Waals surface area contributed by atoms with Crippen LogP contribution >= 0.6 is 11.3 Å². The van der Waals surface area contributed by atoms with Crippen LogP contribution in [0, 0.1) is 25.2 Å². The third kappa shape index (κ3) is 4.29. The van der Waals surface area contributed by atoms with Crippen LogP contribution in [0.4, 0.5) is 5.82 Å². The van der Waals surface area contributed by atoms with Gasteiger partial charge in [-0.05, 0) is 30.9 Å². The molecule has 1 aliphatic heterocycles. The van der Waals surface area contributed by atoms with Crippen molar-refractivity contribution < 1.29 is 18.1 Å². The first kappa shape index (κ1) is 20.6. The predicted molar refractivity (Wildman–Crippen MR) is 109 cm³/mol. The van der Waals surface area contributed by atoms with Gasteiger partial charge in [0.05, 0.1) is 24.9 Å². The average molecular weight is 422 g/mol. The first-order valence-corrected chi connectivity index (χ1v) is 11.9. The van der Waals surface area contributed by atoms with Crippen molar-refractivity contribution >= 4 is 32.9 Å². The zero-order valence-corrected chi connectivity index (χ0v) is 17.9. The number of hydrogen-bond acceptors (Lipinski definition) is 5. The molecular formula is C19H25N4O3S2+. The quantitative estimate of drug-likeness (QED) is 0.719. The molecule has 2 atom stereocenters. The lowest BCUT2D eigenvalue weighted by Gasteiger charge is -2.20. The Kier molecular flexibility index (Phi) is 5.93. The van der Waals surface area contributed by atoms with Crippen molar-refractivity contribution in [3.05, 3.63) is 39.2 Å². The van der Waals surface area contributed by atoms with E-state index >= 15 is 0 Å². The van der Waals surface area contributed by atoms with Gasteiger partial charge in [0.25, 0.3) is 5.91 Å². The van der Waals surface area contributed by atoms with Crippen LogP contribution in [0.3, 0.4) is 0 Å². The van der Waals surface area contributed by atoms with Crippen molar-refractivity contribution in [1.82, 2.24) is 4.57 Å². The third-order valence-electron chi connectivity index (χ3n) is 5.46. The molecular weight excluding hydrogens is 396 g/mol. The first-order valence-electron chi connectivity index (χ1n) is 9.16. The normalized spacial score (nSPS) is 19.3. The summed E-state index contributed by atoms with van der Waals surface area (Å²) < 4.78 is 25.3. The fourth-order valence-electron chi connectivity index (χ4n) is 3.64. The molecule has 2 N–H and O–H groups in total. The largest absolute Gasteiger partial charge is 0.326 e. The van der Waals surface area contributed by atoms with Gasteiger partial charge in [-0.15, -0.1) is 11.3 Å². The number of likely N-dealkylation sites (N-methyl/N-ethyl adjacent to an activating group) is 1. The highest BCUT2D eigenvalue weighted by Gasteiger charge is 2.34. The molecule has 0 aliphatic carbocycles. The maximum atomic E-state index is 12.7. The molecule has 0 radical (unpaired) electrons. The minimum absolute atomic E-state index is 0.0624. The second-order valence-corrected chi connectivity index (χ2v) is 10.6. The Morgan fingerprint density at radius 3 is 2.79 bits per heavy atom. The summed E-state index contributed by atoms with van der Waals surface area (Å²) in [6.45, 7) is 4.58. The smallest absolute Gasteiger partial charge is 0.280 e. The summed E-state index contributed by atoms with van der Waals surface area (Å²) in [6, 6.07) is 6.15. The Hall–Kier alpha value is -2.15. The van der Waals surface area contributed by atoms with Crippen LogP contribution in [-0.2, 0) is 21.2 Å². The Balaban J connectivity index is 1.78. The number of nitrogens with one attached hydrogen (secondary N) is 2. The molecule has 0 spiro atoms. The molecule has 9 heteroatoms. The number of carbonyl (C=O) groups excluding carboxylic acids is 1. The van der Waals surface area contributed by atoms with Crippen molar-refractivity contribution in [2.45, 2.75) is 32.9 Å². The van der Waals surface area contributed by atoms with Gasteiger partial charge in [0.2, 0.25) is 0 Å². The van der Waals surface area contributed by atoms with E-state index in [-0.39, 0.29) is 30.0 Å². The van der Waals surface area contributed by atoms with E-state index in [1.54, 1.807) is 11.3 Å². The van der Waals surface area contributed by atoms with E-state index in [0.717, 1.165) is 21.0 Å². The summed E-state index contributed by atoms with van der Waals surface area (Å²) in [4.78, 5) is 14.7. The van der Waals surface area contributed by atoms with Crippen molar-refractivity contribution in [1.29, 1.82) is 5.26 Å². The maximum absolute atomic E-state index is 12.7. The van der Waals surface area contributed by atoms with E-state index in [4.69, 9.17) is 0 Å². The average Bonchev–Trinajstić information content (AvgIpc) is 3.31. The molecule has 1 amide bonds. The van der Waals surface area contributed by atoms with Gasteiger partial charge in [-0.25, -0.2) is 8.42 Å². The summed E-state index contributed by atoms with van der Waals surface area (Å²) in [5.41, 5.74) is 2.28. The zero-order valence-electron chi connectivity index (χ0n) is 16.3. The molecule has 1 fully saturated rings. The molecule has 1 unspecified atom stereocenters. The van der Waals surface area contributed by atoms with E-state index in [9.17, 15) is 18.5 Å². The lowest BCUT2D eigenvalue weighted by Crippen LogP contribution is -3.14. The molecule has 2 aromatic heterocycles. The van der Waals surface area contributed by atoms with Gasteiger partial charge in [-0.2, -0.15) is 5.26 Å². The van der Waals surface area contributed by atoms with Crippen molar-refractivity contribution in [2.24, 2.45) is 0 Å². The molecule has 3 heterocycles. The van der Waals surface area contributed by atoms with Crippen LogP contribution in [0.1, 0.15) is 28.1 Å². The van der Waals surface area contributed by atoms with Gasteiger partial charge in [-0.3, -0.25) is 4.79 Å². The molecule has 1 aliphatic rings. The third-order valence-corrected chi connectivity index (χ3v) is 8.09. The van der Waals surface area contributed by atoms with E-state index in [0.29, 0.717) is 24.3 Å². The minimum atomic E-state index is -2.98. The van der Waals surface area contributed by atoms with E-state index < -0.39 is 9.84 Å². The van der Waals surface area contributed by atoms with Crippen LogP contribution in [0.2, 0.25) is 0 Å². The number of quaternary nitrogens is 1. The van der Waals surface area contributed by atoms with E-state index in [2.05, 4.69) is 11.4 Å². The fraction of sp³-hybridized carbons (Fsp3) is 0.474. The fourth-order valence-corrected chi connectivity index (χ4v) is 6.21. The number of thiophene rings is 1. The Morgan fingerprint density at radius 2 is 2.21 bits per heavy atom. The Labute approximate surface area is 169 Å². The molecule has 0 aromatic carbocycles. The first-order chi connectivity index (χ1) is 13.2. The lowest BCUT2D eigenvalue weighted by atomic mass is 10.2.